The van der Waals surface area contributed by atoms with Crippen molar-refractivity contribution in [2.45, 2.75) is 436 Å². The number of allylic oxidation sites excluding steroid dienone is 3. The molecule has 9 aliphatic heterocycles. The van der Waals surface area contributed by atoms with Crippen LogP contribution in [0.4, 0.5) is 0 Å². The maximum atomic E-state index is 16.8. The average molecular weight is 2010 g/mol. The molecule has 0 aromatic rings. The molecule has 14 rings (SSSR count). The fourth-order valence-electron chi connectivity index (χ4n) is 24.4. The van der Waals surface area contributed by atoms with Gasteiger partial charge in [-0.15, -0.1) is 6.58 Å². The van der Waals surface area contributed by atoms with Crippen LogP contribution in [0.1, 0.15) is 147 Å². The summed E-state index contributed by atoms with van der Waals surface area (Å²) in [7, 11) is 1.10. The van der Waals surface area contributed by atoms with Crippen molar-refractivity contribution in [1.82, 2.24) is 0 Å². The molecule has 25 N–H and O–H groups in total. The summed E-state index contributed by atoms with van der Waals surface area (Å²) in [4.78, 5) is 31.8. The van der Waals surface area contributed by atoms with Crippen LogP contribution in [0.5, 0.6) is 0 Å². The molecule has 0 amide bonds. The van der Waals surface area contributed by atoms with Gasteiger partial charge in [-0.25, -0.2) is 4.79 Å². The Labute approximate surface area is 802 Å². The van der Waals surface area contributed by atoms with E-state index in [9.17, 15) is 132 Å². The van der Waals surface area contributed by atoms with Crippen molar-refractivity contribution in [2.24, 2.45) is 50.2 Å². The lowest BCUT2D eigenvalue weighted by Crippen LogP contribution is -2.70. The van der Waals surface area contributed by atoms with Crippen molar-refractivity contribution in [3.8, 4) is 0 Å². The maximum Gasteiger partial charge on any atom is 0.333 e. The number of ether oxygens (including phenoxy) is 20. The van der Waals surface area contributed by atoms with Crippen LogP contribution < -0.4 is 0 Å². The Bertz CT molecular complexity index is 4170. The van der Waals surface area contributed by atoms with Gasteiger partial charge in [0.15, 0.2) is 62.7 Å². The Kier molecular flexibility index (Phi) is 34.5. The van der Waals surface area contributed by atoms with Gasteiger partial charge >= 0.3 is 11.9 Å². The number of rotatable bonds is 29. The number of esters is 2. The zero-order valence-corrected chi connectivity index (χ0v) is 80.0. The summed E-state index contributed by atoms with van der Waals surface area (Å²) in [5, 5.41) is 280. The summed E-state index contributed by atoms with van der Waals surface area (Å²) in [6.07, 6.45) is -73.8. The number of hydrogen-bond acceptors (Lipinski definition) is 47. The topological polar surface area (TPSA) is 724 Å². The molecule has 9 heterocycles. The number of aliphatic hydroxyl groups is 25. The Morgan fingerprint density at radius 3 is 1.53 bits per heavy atom. The van der Waals surface area contributed by atoms with E-state index in [0.717, 1.165) is 12.7 Å². The summed E-state index contributed by atoms with van der Waals surface area (Å²) >= 11 is 0. The van der Waals surface area contributed by atoms with Gasteiger partial charge in [-0.05, 0) is 132 Å². The maximum absolute atomic E-state index is 16.8. The lowest BCUT2D eigenvalue weighted by Gasteiger charge is -2.72. The van der Waals surface area contributed by atoms with Gasteiger partial charge in [-0.1, -0.05) is 72.3 Å². The van der Waals surface area contributed by atoms with E-state index in [2.05, 4.69) is 33.4 Å². The zero-order valence-electron chi connectivity index (χ0n) is 80.0. The number of aliphatic hydroxyl groups excluding tert-OH is 25. The number of hydrogen-bond donors (Lipinski definition) is 25. The second-order valence-corrected chi connectivity index (χ2v) is 42.7. The van der Waals surface area contributed by atoms with Crippen LogP contribution in [-0.4, -0.2) is 468 Å². The number of fused-ring (bicyclic) bond motifs is 7. The summed E-state index contributed by atoms with van der Waals surface area (Å²) < 4.78 is 122. The van der Waals surface area contributed by atoms with E-state index in [1.54, 1.807) is 13.0 Å². The molecule has 4 saturated carbocycles. The summed E-state index contributed by atoms with van der Waals surface area (Å²) in [6.45, 7) is 21.6. The van der Waals surface area contributed by atoms with Crippen molar-refractivity contribution in [3.05, 3.63) is 36.0 Å². The highest BCUT2D eigenvalue weighted by Crippen LogP contribution is 2.76. The smallest absolute Gasteiger partial charge is 0.333 e. The molecule has 139 heavy (non-hydrogen) atoms. The first kappa shape index (κ1) is 111. The first-order valence-corrected chi connectivity index (χ1v) is 48.0. The lowest BCUT2D eigenvalue weighted by molar-refractivity contribution is -0.399. The minimum absolute atomic E-state index is 0.00456. The fourth-order valence-corrected chi connectivity index (χ4v) is 24.4. The number of methoxy groups -OCH3 is 1. The highest BCUT2D eigenvalue weighted by atomic mass is 16.8. The largest absolute Gasteiger partial charge is 0.458 e. The van der Waals surface area contributed by atoms with Gasteiger partial charge in [0.2, 0.25) is 6.29 Å². The van der Waals surface area contributed by atoms with E-state index in [1.165, 1.54) is 33.8 Å². The minimum Gasteiger partial charge on any atom is -0.458 e. The summed E-state index contributed by atoms with van der Waals surface area (Å²) in [5.41, 5.74) is -7.03. The van der Waals surface area contributed by atoms with Crippen LogP contribution in [-0.2, 0) is 104 Å². The molecule has 0 bridgehead atoms. The van der Waals surface area contributed by atoms with Gasteiger partial charge in [0, 0.05) is 24.5 Å². The van der Waals surface area contributed by atoms with Crippen molar-refractivity contribution in [3.63, 3.8) is 0 Å². The third kappa shape index (κ3) is 20.6. The molecule has 54 atom stereocenters. The molecule has 47 heteroatoms. The third-order valence-corrected chi connectivity index (χ3v) is 33.4. The summed E-state index contributed by atoms with van der Waals surface area (Å²) in [5.74, 6) is -3.57. The molecular weight excluding hydrogens is 1860 g/mol. The second kappa shape index (κ2) is 43.2. The van der Waals surface area contributed by atoms with Crippen LogP contribution >= 0.6 is 0 Å². The monoisotopic (exact) mass is 2000 g/mol. The predicted molar refractivity (Wildman–Crippen MR) is 460 cm³/mol. The van der Waals surface area contributed by atoms with Crippen LogP contribution in [0, 0.1) is 50.2 Å². The Morgan fingerprint density at radius 1 is 0.460 bits per heavy atom. The van der Waals surface area contributed by atoms with Gasteiger partial charge in [-0.3, -0.25) is 4.79 Å². The van der Waals surface area contributed by atoms with E-state index in [0.29, 0.717) is 25.7 Å². The van der Waals surface area contributed by atoms with E-state index in [4.69, 9.17) is 94.7 Å². The third-order valence-electron chi connectivity index (χ3n) is 33.4. The standard InChI is InChI=1S/C92H148O47/c1-15-88(10,139-81-66(115)56(105)49(98)34(3)123-81)22-16-17-33(2)74(118)130-48-27-92(85(119)138-84-73(61(110)67(116)75(120-14)137-84)136-80-68(117)70(133-78-64(113)57(106)52(101)40(28-93)126-78)69(36(5)125-80)132-77-63(112)54(103)42(30-95)128-77)38(25-86(48,6)7)37-18-19-45-89(11)23-21-47(87(8,9)44(89)20-24-90(45,12)91(37,13)26-46(92)97)131-83-72(135-79-65(114)58(107)53(102)41(29-94)127-79)60(109)55(104)43(129-83)32-122-82-71(59(108)50(99)35(4)124-82)134-76-62(111)51(100)39(96)31-121-76/h15,17-18,34-36,38-73,75-84,93-117H,1,16,19-32H2,2-14H3/b33-17+/t34-,35-,36+,38-,39+,40-,41-,42+,43-,44+,45-,46-,47+,48+,49-,50+,51+,52-,53-,54+,55-,56+,57+,58+,59+,60+,61+,62-,63-,64-,65-,66-,67+,68-,69+,70+,71-,72-,73-,75+,76+,77+,78+,79+,80+,81+,82-,83+,84+,88-,89+,90-,91-,92-/m1/s1. The first-order valence-electron chi connectivity index (χ1n) is 48.0. The first-order chi connectivity index (χ1) is 65.2. The molecule has 5 aliphatic carbocycles. The molecule has 0 aromatic heterocycles. The van der Waals surface area contributed by atoms with Crippen LogP contribution in [0.25, 0.3) is 0 Å². The van der Waals surface area contributed by atoms with Gasteiger partial charge < -0.3 is 222 Å². The molecule has 13 fully saturated rings. The van der Waals surface area contributed by atoms with Crippen molar-refractivity contribution >= 4 is 11.9 Å². The molecule has 9 saturated heterocycles. The summed E-state index contributed by atoms with van der Waals surface area (Å²) in [6, 6.07) is 0. The minimum atomic E-state index is -2.26. The molecule has 47 nitrogen and oxygen atoms in total. The SMILES string of the molecule is C=C[C@](C)(CC/C=C(\C)C(=O)O[C@H]1C[C@]2(C(=O)O[C@@H]3O[C@H](OC)[C@@H](O)[C@H](O)[C@H]3O[C@@H]3O[C@@H](C)[C@H](O[C@@H]4O[C@@H](CO)[C@H](O)[C@H]4O)[C@@H](O[C@@H]4O[C@H](CO)[C@@H](O)[C@H](O)[C@H]4O)[C@H]3O)[C@H](O)C[C@]3(C)C(=CC[C@@H]4[C@@]5(C)CC[C@H](O[C@@H]6O[C@H](CO[C@@H]7O[C@H](C)[C@H](O)[C@H](O)[C@H]7O[C@@H]7OC[C@H](O)[C@H](O)[C@H]7O)[C@@H](O)[C@H](O)[C@H]6O[C@@H]6O[C@H](CO)[C@@H](O)[C@H](O)[C@H]6O)C(C)(C)[C@@H]5CC[C@]43C)[C@H]2CC1(C)C)O[C@@H]1O[C@H](C)[C@@H](O)[C@H](O)[C@H]1O. The predicted octanol–water partition coefficient (Wildman–Crippen LogP) is -7.79. The van der Waals surface area contributed by atoms with E-state index < -0.39 is 378 Å². The van der Waals surface area contributed by atoms with E-state index in [1.807, 2.05) is 27.7 Å². The van der Waals surface area contributed by atoms with Crippen LogP contribution in [0.15, 0.2) is 36.0 Å². The Balaban J connectivity index is 0.767. The molecule has 798 valence electrons. The molecule has 0 unspecified atom stereocenters. The normalized spacial score (nSPS) is 52.1. The van der Waals surface area contributed by atoms with Gasteiger partial charge in [0.05, 0.1) is 69.2 Å². The highest BCUT2D eigenvalue weighted by molar-refractivity contribution is 5.88. The Morgan fingerprint density at radius 2 is 0.935 bits per heavy atom. The Hall–Kier alpha value is -3.56. The van der Waals surface area contributed by atoms with Gasteiger partial charge in [-0.2, -0.15) is 0 Å². The number of carbonyl (C=O) groups is 2. The molecule has 0 spiro atoms. The van der Waals surface area contributed by atoms with Gasteiger partial charge in [0.1, 0.15) is 189 Å². The van der Waals surface area contributed by atoms with Crippen molar-refractivity contribution in [1.29, 1.82) is 0 Å². The zero-order chi connectivity index (χ0) is 102. The van der Waals surface area contributed by atoms with Crippen LogP contribution in [0.3, 0.4) is 0 Å². The fraction of sp³-hybridized carbons (Fsp3) is 0.913. The van der Waals surface area contributed by atoms with Crippen molar-refractivity contribution < 1.29 is 232 Å². The number of carbonyl (C=O) groups excluding carboxylic acids is 2. The van der Waals surface area contributed by atoms with Crippen LogP contribution in [0.2, 0.25) is 0 Å². The molecule has 14 aliphatic rings. The lowest BCUT2D eigenvalue weighted by atomic mass is 9.33. The quantitative estimate of drug-likeness (QED) is 0.0143. The highest BCUT2D eigenvalue weighted by Gasteiger charge is 2.74. The van der Waals surface area contributed by atoms with Gasteiger partial charge in [0.25, 0.3) is 0 Å². The molecule has 0 aromatic carbocycles. The molecule has 0 radical (unpaired) electrons. The van der Waals surface area contributed by atoms with Crippen molar-refractivity contribution in [2.75, 3.05) is 40.1 Å². The second-order valence-electron chi connectivity index (χ2n) is 42.7. The molecular formula is C92H148O47. The average Bonchev–Trinajstić information content (AvgIpc) is 0.907. The van der Waals surface area contributed by atoms with E-state index in [-0.39, 0.29) is 49.5 Å². The van der Waals surface area contributed by atoms with E-state index >= 15 is 4.79 Å².